The molecule has 0 bridgehead atoms. The van der Waals surface area contributed by atoms with E-state index in [2.05, 4.69) is 33.9 Å². The monoisotopic (exact) mass is 494 g/mol. The van der Waals surface area contributed by atoms with E-state index in [9.17, 15) is 17.6 Å². The van der Waals surface area contributed by atoms with Crippen molar-refractivity contribution in [2.24, 2.45) is 0 Å². The van der Waals surface area contributed by atoms with Gasteiger partial charge in [0.25, 0.3) is 0 Å². The maximum absolute atomic E-state index is 13.6. The molecule has 5 rings (SSSR count). The molecule has 1 fully saturated rings. The van der Waals surface area contributed by atoms with Gasteiger partial charge in [-0.15, -0.1) is 0 Å². The van der Waals surface area contributed by atoms with E-state index in [1.54, 1.807) is 0 Å². The summed E-state index contributed by atoms with van der Waals surface area (Å²) in [6.45, 7) is 2.70. The third-order valence-corrected chi connectivity index (χ3v) is 7.45. The number of rotatable bonds is 7. The Balaban J connectivity index is 1.22. The summed E-state index contributed by atoms with van der Waals surface area (Å²) in [5.41, 5.74) is 2.47. The van der Waals surface area contributed by atoms with Gasteiger partial charge >= 0.3 is 6.18 Å². The first-order valence-electron chi connectivity index (χ1n) is 12.6. The van der Waals surface area contributed by atoms with Crippen LogP contribution >= 0.6 is 0 Å². The molecular formula is C30H30F4N2. The lowest BCUT2D eigenvalue weighted by Crippen LogP contribution is -2.34. The number of fused-ring (bicyclic) bond motifs is 1. The predicted octanol–water partition coefficient (Wildman–Crippen LogP) is 8.05. The average molecular weight is 495 g/mol. The van der Waals surface area contributed by atoms with Crippen LogP contribution in [0.5, 0.6) is 0 Å². The summed E-state index contributed by atoms with van der Waals surface area (Å²) in [5, 5.41) is 1.18. The molecular weight excluding hydrogens is 464 g/mol. The minimum Gasteiger partial charge on any atom is -0.340 e. The van der Waals surface area contributed by atoms with Crippen molar-refractivity contribution >= 4 is 10.9 Å². The maximum atomic E-state index is 13.6. The number of para-hydroxylation sites is 1. The van der Waals surface area contributed by atoms with Gasteiger partial charge in [0.1, 0.15) is 5.82 Å². The predicted molar refractivity (Wildman–Crippen MR) is 136 cm³/mol. The van der Waals surface area contributed by atoms with Gasteiger partial charge in [0.05, 0.1) is 11.6 Å². The SMILES string of the molecule is Fc1ccc(C(CCCN2CCC(c3cccc(C(F)(F)F)c3)CC2)n2ccc3ccccc32)cc1. The summed E-state index contributed by atoms with van der Waals surface area (Å²) >= 11 is 0. The Kier molecular flexibility index (Phi) is 7.15. The highest BCUT2D eigenvalue weighted by atomic mass is 19.4. The Hall–Kier alpha value is -3.12. The Morgan fingerprint density at radius 3 is 2.36 bits per heavy atom. The molecule has 1 aliphatic heterocycles. The lowest BCUT2D eigenvalue weighted by molar-refractivity contribution is -0.137. The van der Waals surface area contributed by atoms with Crippen molar-refractivity contribution in [2.45, 2.75) is 43.8 Å². The van der Waals surface area contributed by atoms with Crippen molar-refractivity contribution in [1.82, 2.24) is 9.47 Å². The van der Waals surface area contributed by atoms with Gasteiger partial charge in [0.2, 0.25) is 0 Å². The van der Waals surface area contributed by atoms with E-state index in [1.807, 2.05) is 30.3 Å². The third kappa shape index (κ3) is 5.49. The van der Waals surface area contributed by atoms with Crippen LogP contribution in [0.4, 0.5) is 17.6 Å². The zero-order valence-corrected chi connectivity index (χ0v) is 20.1. The fourth-order valence-corrected chi connectivity index (χ4v) is 5.49. The highest BCUT2D eigenvalue weighted by Gasteiger charge is 2.31. The van der Waals surface area contributed by atoms with E-state index in [0.717, 1.165) is 68.0 Å². The van der Waals surface area contributed by atoms with E-state index < -0.39 is 11.7 Å². The molecule has 6 heteroatoms. The average Bonchev–Trinajstić information content (AvgIpc) is 3.31. The summed E-state index contributed by atoms with van der Waals surface area (Å²) in [7, 11) is 0. The minimum absolute atomic E-state index is 0.105. The summed E-state index contributed by atoms with van der Waals surface area (Å²) < 4.78 is 55.2. The molecule has 1 aromatic heterocycles. The Morgan fingerprint density at radius 1 is 0.861 bits per heavy atom. The lowest BCUT2D eigenvalue weighted by Gasteiger charge is -2.33. The van der Waals surface area contributed by atoms with Crippen molar-refractivity contribution in [3.05, 3.63) is 108 Å². The second-order valence-corrected chi connectivity index (χ2v) is 9.73. The number of piperidine rings is 1. The van der Waals surface area contributed by atoms with Crippen LogP contribution in [0, 0.1) is 5.82 Å². The lowest BCUT2D eigenvalue weighted by atomic mass is 9.88. The van der Waals surface area contributed by atoms with Crippen LogP contribution in [-0.2, 0) is 6.18 Å². The molecule has 1 saturated heterocycles. The maximum Gasteiger partial charge on any atom is 0.416 e. The van der Waals surface area contributed by atoms with Crippen molar-refractivity contribution < 1.29 is 17.6 Å². The molecule has 36 heavy (non-hydrogen) atoms. The molecule has 0 saturated carbocycles. The molecule has 1 aliphatic rings. The van der Waals surface area contributed by atoms with Gasteiger partial charge in [0, 0.05) is 11.7 Å². The summed E-state index contributed by atoms with van der Waals surface area (Å²) in [4.78, 5) is 2.42. The molecule has 3 aromatic carbocycles. The number of halogens is 4. The van der Waals surface area contributed by atoms with Crippen molar-refractivity contribution in [1.29, 1.82) is 0 Å². The normalized spacial score (nSPS) is 16.4. The molecule has 0 aliphatic carbocycles. The number of hydrogen-bond donors (Lipinski definition) is 0. The Bertz CT molecular complexity index is 1280. The number of likely N-dealkylation sites (tertiary alicyclic amines) is 1. The fraction of sp³-hybridized carbons (Fsp3) is 0.333. The largest absolute Gasteiger partial charge is 0.416 e. The third-order valence-electron chi connectivity index (χ3n) is 7.45. The van der Waals surface area contributed by atoms with Crippen LogP contribution in [0.2, 0.25) is 0 Å². The zero-order valence-electron chi connectivity index (χ0n) is 20.1. The summed E-state index contributed by atoms with van der Waals surface area (Å²) in [6, 6.07) is 23.1. The first-order chi connectivity index (χ1) is 17.4. The standard InChI is InChI=1S/C30H30F4N2/c31-27-12-10-24(11-13-27)29(36-20-16-23-5-1-2-8-28(23)36)9-4-17-35-18-14-22(15-19-35)25-6-3-7-26(21-25)30(32,33)34/h1-3,5-8,10-13,16,20-22,29H,4,9,14-15,17-19H2. The van der Waals surface area contributed by atoms with E-state index in [0.29, 0.717) is 0 Å². The molecule has 4 aromatic rings. The fourth-order valence-electron chi connectivity index (χ4n) is 5.49. The number of aromatic nitrogens is 1. The summed E-state index contributed by atoms with van der Waals surface area (Å²) in [6.07, 6.45) is 1.43. The minimum atomic E-state index is -4.30. The molecule has 1 unspecified atom stereocenters. The van der Waals surface area contributed by atoms with E-state index in [4.69, 9.17) is 0 Å². The van der Waals surface area contributed by atoms with Crippen LogP contribution in [-0.4, -0.2) is 29.1 Å². The van der Waals surface area contributed by atoms with Crippen LogP contribution in [0.15, 0.2) is 85.1 Å². The van der Waals surface area contributed by atoms with Crippen molar-refractivity contribution in [3.8, 4) is 0 Å². The molecule has 0 radical (unpaired) electrons. The van der Waals surface area contributed by atoms with E-state index in [1.165, 1.54) is 29.7 Å². The van der Waals surface area contributed by atoms with Crippen LogP contribution in [0.25, 0.3) is 10.9 Å². The highest BCUT2D eigenvalue weighted by Crippen LogP contribution is 2.34. The molecule has 2 heterocycles. The zero-order chi connectivity index (χ0) is 25.1. The van der Waals surface area contributed by atoms with Gasteiger partial charge in [0.15, 0.2) is 0 Å². The quantitative estimate of drug-likeness (QED) is 0.236. The summed E-state index contributed by atoms with van der Waals surface area (Å²) in [5.74, 6) is -0.0692. The highest BCUT2D eigenvalue weighted by molar-refractivity contribution is 5.80. The van der Waals surface area contributed by atoms with Crippen LogP contribution < -0.4 is 0 Å². The molecule has 0 spiro atoms. The molecule has 0 N–H and O–H groups in total. The number of hydrogen-bond acceptors (Lipinski definition) is 1. The van der Waals surface area contributed by atoms with Gasteiger partial charge in [-0.1, -0.05) is 48.5 Å². The van der Waals surface area contributed by atoms with Gasteiger partial charge < -0.3 is 9.47 Å². The van der Waals surface area contributed by atoms with Crippen LogP contribution in [0.1, 0.15) is 54.3 Å². The van der Waals surface area contributed by atoms with Crippen molar-refractivity contribution in [2.75, 3.05) is 19.6 Å². The van der Waals surface area contributed by atoms with Crippen LogP contribution in [0.3, 0.4) is 0 Å². The number of nitrogens with zero attached hydrogens (tertiary/aromatic N) is 2. The second-order valence-electron chi connectivity index (χ2n) is 9.73. The molecule has 0 amide bonds. The van der Waals surface area contributed by atoms with Gasteiger partial charge in [-0.2, -0.15) is 13.2 Å². The smallest absolute Gasteiger partial charge is 0.340 e. The number of alkyl halides is 3. The topological polar surface area (TPSA) is 8.17 Å². The Labute approximate surface area is 209 Å². The second kappa shape index (κ2) is 10.5. The number of benzene rings is 3. The van der Waals surface area contributed by atoms with E-state index in [-0.39, 0.29) is 17.8 Å². The molecule has 2 nitrogen and oxygen atoms in total. The van der Waals surface area contributed by atoms with Gasteiger partial charge in [-0.3, -0.25) is 0 Å². The first-order valence-corrected chi connectivity index (χ1v) is 12.6. The molecule has 1 atom stereocenters. The van der Waals surface area contributed by atoms with E-state index >= 15 is 0 Å². The van der Waals surface area contributed by atoms with Crippen molar-refractivity contribution in [3.63, 3.8) is 0 Å². The first kappa shape index (κ1) is 24.6. The molecule has 188 valence electrons. The van der Waals surface area contributed by atoms with Gasteiger partial charge in [-0.25, -0.2) is 4.39 Å². The van der Waals surface area contributed by atoms with Gasteiger partial charge in [-0.05, 0) is 98.1 Å². The Morgan fingerprint density at radius 2 is 1.61 bits per heavy atom.